The van der Waals surface area contributed by atoms with Gasteiger partial charge < -0.3 is 10.6 Å². The summed E-state index contributed by atoms with van der Waals surface area (Å²) in [4.78, 5) is 31.5. The third-order valence-corrected chi connectivity index (χ3v) is 4.22. The van der Waals surface area contributed by atoms with Crippen LogP contribution in [0.15, 0.2) is 35.3 Å². The van der Waals surface area contributed by atoms with E-state index in [-0.39, 0.29) is 17.0 Å². The summed E-state index contributed by atoms with van der Waals surface area (Å²) >= 11 is 6.01. The average Bonchev–Trinajstić information content (AvgIpc) is 3.04. The second-order valence-corrected chi connectivity index (χ2v) is 7.45. The number of rotatable bonds is 5. The highest BCUT2D eigenvalue weighted by molar-refractivity contribution is 6.33. The molecular formula is C18H21ClN6O2. The van der Waals surface area contributed by atoms with Crippen LogP contribution in [0.25, 0.3) is 11.0 Å². The number of benzene rings is 1. The first-order valence-corrected chi connectivity index (χ1v) is 8.90. The van der Waals surface area contributed by atoms with Crippen molar-refractivity contribution < 1.29 is 4.79 Å². The second kappa shape index (κ2) is 7.40. The molecule has 0 aliphatic carbocycles. The van der Waals surface area contributed by atoms with Crippen molar-refractivity contribution in [3.05, 3.63) is 51.4 Å². The molecule has 142 valence electrons. The molecule has 0 saturated carbocycles. The first-order valence-electron chi connectivity index (χ1n) is 8.52. The first kappa shape index (κ1) is 18.9. The Morgan fingerprint density at radius 1 is 1.26 bits per heavy atom. The summed E-state index contributed by atoms with van der Waals surface area (Å²) in [6.45, 7) is 6.68. The monoisotopic (exact) mass is 388 g/mol. The molecule has 0 spiro atoms. The quantitative estimate of drug-likeness (QED) is 0.582. The standard InChI is InChI=1S/C18H21ClN6O2/c1-18(2,3)25-14-12(10-22-25)16(27)24-17(23-14)21-9-8-20-15(26)11-6-4-5-7-13(11)19/h4-7,10H,8-9H2,1-3H3,(H,20,26)(H2,21,23,24,27). The predicted molar refractivity (Wildman–Crippen MR) is 105 cm³/mol. The summed E-state index contributed by atoms with van der Waals surface area (Å²) in [6.07, 6.45) is 1.51. The molecular weight excluding hydrogens is 368 g/mol. The molecule has 9 heteroatoms. The number of hydrogen-bond donors (Lipinski definition) is 3. The van der Waals surface area contributed by atoms with Crippen LogP contribution in [0.2, 0.25) is 5.02 Å². The molecule has 2 heterocycles. The minimum Gasteiger partial charge on any atom is -0.354 e. The number of carbonyl (C=O) groups is 1. The molecule has 0 aliphatic heterocycles. The highest BCUT2D eigenvalue weighted by atomic mass is 35.5. The smallest absolute Gasteiger partial charge is 0.263 e. The van der Waals surface area contributed by atoms with E-state index in [2.05, 4.69) is 25.7 Å². The Balaban J connectivity index is 1.66. The van der Waals surface area contributed by atoms with Gasteiger partial charge in [-0.3, -0.25) is 14.6 Å². The maximum absolute atomic E-state index is 12.2. The Morgan fingerprint density at radius 2 is 2.00 bits per heavy atom. The molecule has 0 bridgehead atoms. The molecule has 1 aromatic carbocycles. The van der Waals surface area contributed by atoms with Crippen molar-refractivity contribution in [2.75, 3.05) is 18.4 Å². The zero-order valence-electron chi connectivity index (χ0n) is 15.3. The Hall–Kier alpha value is -2.87. The van der Waals surface area contributed by atoms with Crippen LogP contribution < -0.4 is 16.2 Å². The van der Waals surface area contributed by atoms with Crippen LogP contribution in [-0.2, 0) is 5.54 Å². The molecule has 2 aromatic heterocycles. The average molecular weight is 389 g/mol. The lowest BCUT2D eigenvalue weighted by atomic mass is 10.1. The lowest BCUT2D eigenvalue weighted by molar-refractivity contribution is 0.0955. The van der Waals surface area contributed by atoms with Gasteiger partial charge in [0.15, 0.2) is 5.65 Å². The lowest BCUT2D eigenvalue weighted by Crippen LogP contribution is -2.29. The second-order valence-electron chi connectivity index (χ2n) is 7.04. The van der Waals surface area contributed by atoms with E-state index in [1.807, 2.05) is 20.8 Å². The van der Waals surface area contributed by atoms with Crippen LogP contribution in [0, 0.1) is 0 Å². The minimum absolute atomic E-state index is 0.259. The fourth-order valence-corrected chi connectivity index (χ4v) is 2.81. The van der Waals surface area contributed by atoms with Crippen LogP contribution in [0.5, 0.6) is 0 Å². The summed E-state index contributed by atoms with van der Waals surface area (Å²) in [6, 6.07) is 6.84. The van der Waals surface area contributed by atoms with Gasteiger partial charge >= 0.3 is 0 Å². The van der Waals surface area contributed by atoms with Crippen LogP contribution in [-0.4, -0.2) is 38.7 Å². The van der Waals surface area contributed by atoms with E-state index in [0.29, 0.717) is 40.7 Å². The number of halogens is 1. The van der Waals surface area contributed by atoms with Gasteiger partial charge in [0.25, 0.3) is 11.5 Å². The normalized spacial score (nSPS) is 11.6. The van der Waals surface area contributed by atoms with Crippen molar-refractivity contribution in [3.63, 3.8) is 0 Å². The first-order chi connectivity index (χ1) is 12.8. The van der Waals surface area contributed by atoms with Gasteiger partial charge in [-0.05, 0) is 32.9 Å². The number of aromatic nitrogens is 4. The number of fused-ring (bicyclic) bond motifs is 1. The molecule has 0 aliphatic rings. The highest BCUT2D eigenvalue weighted by Gasteiger charge is 2.19. The molecule has 0 radical (unpaired) electrons. The summed E-state index contributed by atoms with van der Waals surface area (Å²) in [5.41, 5.74) is 0.357. The van der Waals surface area contributed by atoms with Gasteiger partial charge in [-0.2, -0.15) is 10.1 Å². The van der Waals surface area contributed by atoms with Crippen molar-refractivity contribution >= 4 is 34.5 Å². The number of H-pyrrole nitrogens is 1. The maximum atomic E-state index is 12.2. The largest absolute Gasteiger partial charge is 0.354 e. The molecule has 27 heavy (non-hydrogen) atoms. The van der Waals surface area contributed by atoms with Crippen LogP contribution in [0.1, 0.15) is 31.1 Å². The van der Waals surface area contributed by atoms with E-state index in [0.717, 1.165) is 0 Å². The van der Waals surface area contributed by atoms with Crippen molar-refractivity contribution in [1.82, 2.24) is 25.1 Å². The van der Waals surface area contributed by atoms with E-state index in [9.17, 15) is 9.59 Å². The Labute approximate surface area is 160 Å². The van der Waals surface area contributed by atoms with Crippen LogP contribution >= 0.6 is 11.6 Å². The van der Waals surface area contributed by atoms with Gasteiger partial charge in [0, 0.05) is 13.1 Å². The third kappa shape index (κ3) is 4.11. The fourth-order valence-electron chi connectivity index (χ4n) is 2.59. The molecule has 0 saturated heterocycles. The van der Waals surface area contributed by atoms with Crippen molar-refractivity contribution in [2.45, 2.75) is 26.3 Å². The molecule has 0 atom stereocenters. The van der Waals surface area contributed by atoms with E-state index < -0.39 is 0 Å². The third-order valence-electron chi connectivity index (χ3n) is 3.89. The maximum Gasteiger partial charge on any atom is 0.263 e. The topological polar surface area (TPSA) is 105 Å². The molecule has 0 fully saturated rings. The van der Waals surface area contributed by atoms with Crippen molar-refractivity contribution in [2.24, 2.45) is 0 Å². The highest BCUT2D eigenvalue weighted by Crippen LogP contribution is 2.18. The zero-order chi connectivity index (χ0) is 19.6. The number of aromatic amines is 1. The van der Waals surface area contributed by atoms with E-state index in [4.69, 9.17) is 11.6 Å². The Morgan fingerprint density at radius 3 is 2.70 bits per heavy atom. The van der Waals surface area contributed by atoms with Crippen LogP contribution in [0.4, 0.5) is 5.95 Å². The Bertz CT molecular complexity index is 1030. The SMILES string of the molecule is CC(C)(C)n1ncc2c(=O)[nH]c(NCCNC(=O)c3ccccc3Cl)nc21. The predicted octanol–water partition coefficient (Wildman–Crippen LogP) is 2.37. The van der Waals surface area contributed by atoms with Gasteiger partial charge in [0.2, 0.25) is 5.95 Å². The molecule has 3 rings (SSSR count). The van der Waals surface area contributed by atoms with Crippen molar-refractivity contribution in [3.8, 4) is 0 Å². The Kier molecular flexibility index (Phi) is 5.18. The summed E-state index contributed by atoms with van der Waals surface area (Å²) < 4.78 is 1.71. The van der Waals surface area contributed by atoms with Crippen molar-refractivity contribution in [1.29, 1.82) is 0 Å². The van der Waals surface area contributed by atoms with Gasteiger partial charge in [0.1, 0.15) is 5.39 Å². The molecule has 3 aromatic rings. The summed E-state index contributed by atoms with van der Waals surface area (Å²) in [7, 11) is 0. The number of amides is 1. The number of nitrogens with one attached hydrogen (secondary N) is 3. The van der Waals surface area contributed by atoms with Gasteiger partial charge in [-0.15, -0.1) is 0 Å². The van der Waals surface area contributed by atoms with Gasteiger partial charge in [-0.25, -0.2) is 4.68 Å². The van der Waals surface area contributed by atoms with E-state index in [1.54, 1.807) is 28.9 Å². The summed E-state index contributed by atoms with van der Waals surface area (Å²) in [5, 5.41) is 10.9. The molecule has 8 nitrogen and oxygen atoms in total. The summed E-state index contributed by atoms with van der Waals surface area (Å²) in [5.74, 6) is 0.0654. The number of hydrogen-bond acceptors (Lipinski definition) is 5. The number of nitrogens with zero attached hydrogens (tertiary/aromatic N) is 3. The lowest BCUT2D eigenvalue weighted by Gasteiger charge is -2.19. The van der Waals surface area contributed by atoms with Crippen LogP contribution in [0.3, 0.4) is 0 Å². The molecule has 1 amide bonds. The van der Waals surface area contributed by atoms with Gasteiger partial charge in [0.05, 0.1) is 22.3 Å². The fraction of sp³-hybridized carbons (Fsp3) is 0.333. The van der Waals surface area contributed by atoms with Gasteiger partial charge in [-0.1, -0.05) is 23.7 Å². The number of carbonyl (C=O) groups excluding carboxylic acids is 1. The zero-order valence-corrected chi connectivity index (χ0v) is 16.1. The molecule has 3 N–H and O–H groups in total. The molecule has 0 unspecified atom stereocenters. The van der Waals surface area contributed by atoms with E-state index >= 15 is 0 Å². The van der Waals surface area contributed by atoms with E-state index in [1.165, 1.54) is 6.20 Å². The minimum atomic E-state index is -0.303. The number of anilines is 1.